The predicted molar refractivity (Wildman–Crippen MR) is 84.1 cm³/mol. The number of rotatable bonds is 7. The van der Waals surface area contributed by atoms with Gasteiger partial charge in [-0.3, -0.25) is 0 Å². The molecule has 7 heteroatoms. The highest BCUT2D eigenvalue weighted by Gasteiger charge is 2.25. The molecule has 0 amide bonds. The molecule has 4 nitrogen and oxygen atoms in total. The summed E-state index contributed by atoms with van der Waals surface area (Å²) in [7, 11) is -4.02. The second-order valence-electron chi connectivity index (χ2n) is 5.07. The van der Waals surface area contributed by atoms with Crippen LogP contribution in [0.3, 0.4) is 0 Å². The molecule has 0 fully saturated rings. The van der Waals surface area contributed by atoms with Gasteiger partial charge in [0, 0.05) is 19.2 Å². The van der Waals surface area contributed by atoms with Crippen molar-refractivity contribution in [3.63, 3.8) is 0 Å². The second-order valence-corrected chi connectivity index (χ2v) is 7.01. The largest absolute Gasteiger partial charge is 0.330 e. The Kier molecular flexibility index (Phi) is 5.81. The second kappa shape index (κ2) is 7.63. The first-order valence-electron chi connectivity index (χ1n) is 7.13. The van der Waals surface area contributed by atoms with Crippen LogP contribution in [0.25, 0.3) is 0 Å². The molecular formula is C16H18F2N2O2S. The summed E-state index contributed by atoms with van der Waals surface area (Å²) in [6.45, 7) is 0.603. The van der Waals surface area contributed by atoms with E-state index in [4.69, 9.17) is 5.73 Å². The standard InChI is InChI=1S/C16H18F2N2O2S/c17-14-9-15(18)11-16(10-14)23(21,22)20(8-4-7-19)12-13-5-2-1-3-6-13/h1-3,5-6,9-11H,4,7-8,12,19H2. The molecule has 23 heavy (non-hydrogen) atoms. The number of nitrogens with two attached hydrogens (primary N) is 1. The average molecular weight is 340 g/mol. The van der Waals surface area contributed by atoms with E-state index in [0.717, 1.165) is 17.7 Å². The molecule has 0 saturated carbocycles. The summed E-state index contributed by atoms with van der Waals surface area (Å²) in [5, 5.41) is 0. The fraction of sp³-hybridized carbons (Fsp3) is 0.250. The predicted octanol–water partition coefficient (Wildman–Crippen LogP) is 2.50. The van der Waals surface area contributed by atoms with Crippen LogP contribution in [0.4, 0.5) is 8.78 Å². The average Bonchev–Trinajstić information content (AvgIpc) is 2.51. The zero-order valence-corrected chi connectivity index (χ0v) is 13.3. The Hall–Kier alpha value is -1.83. The highest BCUT2D eigenvalue weighted by molar-refractivity contribution is 7.89. The molecule has 0 saturated heterocycles. The zero-order chi connectivity index (χ0) is 16.9. The number of benzene rings is 2. The summed E-state index contributed by atoms with van der Waals surface area (Å²) < 4.78 is 53.3. The summed E-state index contributed by atoms with van der Waals surface area (Å²) in [6.07, 6.45) is 0.448. The fourth-order valence-electron chi connectivity index (χ4n) is 2.17. The van der Waals surface area contributed by atoms with Crippen molar-refractivity contribution < 1.29 is 17.2 Å². The van der Waals surface area contributed by atoms with Crippen molar-refractivity contribution in [3.05, 3.63) is 65.7 Å². The van der Waals surface area contributed by atoms with Gasteiger partial charge in [0.1, 0.15) is 11.6 Å². The number of hydrogen-bond acceptors (Lipinski definition) is 3. The minimum atomic E-state index is -4.02. The Morgan fingerprint density at radius 3 is 2.17 bits per heavy atom. The zero-order valence-electron chi connectivity index (χ0n) is 12.5. The molecule has 2 aromatic carbocycles. The van der Waals surface area contributed by atoms with E-state index >= 15 is 0 Å². The number of nitrogens with zero attached hydrogens (tertiary/aromatic N) is 1. The van der Waals surface area contributed by atoms with Crippen molar-refractivity contribution in [1.29, 1.82) is 0 Å². The molecule has 2 rings (SSSR count). The Morgan fingerprint density at radius 2 is 1.61 bits per heavy atom. The normalized spacial score (nSPS) is 11.8. The molecular weight excluding hydrogens is 322 g/mol. The first kappa shape index (κ1) is 17.5. The quantitative estimate of drug-likeness (QED) is 0.842. The smallest absolute Gasteiger partial charge is 0.243 e. The lowest BCUT2D eigenvalue weighted by Gasteiger charge is -2.22. The number of sulfonamides is 1. The van der Waals surface area contributed by atoms with E-state index in [0.29, 0.717) is 19.0 Å². The summed E-state index contributed by atoms with van der Waals surface area (Å²) in [5.74, 6) is -1.86. The van der Waals surface area contributed by atoms with Gasteiger partial charge in [0.05, 0.1) is 4.90 Å². The summed E-state index contributed by atoms with van der Waals surface area (Å²) in [5.41, 5.74) is 6.24. The Balaban J connectivity index is 2.36. The van der Waals surface area contributed by atoms with Crippen LogP contribution in [-0.4, -0.2) is 25.8 Å². The fourth-order valence-corrected chi connectivity index (χ4v) is 3.68. The monoisotopic (exact) mass is 340 g/mol. The molecule has 0 bridgehead atoms. The molecule has 0 heterocycles. The molecule has 2 N–H and O–H groups in total. The van der Waals surface area contributed by atoms with Crippen LogP contribution in [-0.2, 0) is 16.6 Å². The third kappa shape index (κ3) is 4.57. The van der Waals surface area contributed by atoms with Crippen molar-refractivity contribution in [2.45, 2.75) is 17.9 Å². The van der Waals surface area contributed by atoms with Gasteiger partial charge in [0.15, 0.2) is 0 Å². The highest BCUT2D eigenvalue weighted by atomic mass is 32.2. The lowest BCUT2D eigenvalue weighted by Crippen LogP contribution is -2.32. The van der Waals surface area contributed by atoms with Gasteiger partial charge in [-0.05, 0) is 30.7 Å². The van der Waals surface area contributed by atoms with Gasteiger partial charge in [0.2, 0.25) is 10.0 Å². The van der Waals surface area contributed by atoms with E-state index in [-0.39, 0.29) is 13.1 Å². The maximum absolute atomic E-state index is 13.4. The molecule has 0 aliphatic rings. The molecule has 0 atom stereocenters. The van der Waals surface area contributed by atoms with Crippen LogP contribution < -0.4 is 5.73 Å². The van der Waals surface area contributed by atoms with E-state index in [1.54, 1.807) is 24.3 Å². The van der Waals surface area contributed by atoms with Gasteiger partial charge in [-0.15, -0.1) is 0 Å². The lowest BCUT2D eigenvalue weighted by molar-refractivity contribution is 0.401. The van der Waals surface area contributed by atoms with Crippen LogP contribution in [0.1, 0.15) is 12.0 Å². The van der Waals surface area contributed by atoms with Crippen molar-refractivity contribution in [1.82, 2.24) is 4.31 Å². The molecule has 124 valence electrons. The maximum Gasteiger partial charge on any atom is 0.243 e. The van der Waals surface area contributed by atoms with Crippen molar-refractivity contribution in [2.75, 3.05) is 13.1 Å². The highest BCUT2D eigenvalue weighted by Crippen LogP contribution is 2.21. The minimum Gasteiger partial charge on any atom is -0.330 e. The van der Waals surface area contributed by atoms with Crippen molar-refractivity contribution in [3.8, 4) is 0 Å². The summed E-state index contributed by atoms with van der Waals surface area (Å²) in [4.78, 5) is -0.400. The maximum atomic E-state index is 13.4. The molecule has 0 radical (unpaired) electrons. The van der Waals surface area contributed by atoms with Gasteiger partial charge in [-0.1, -0.05) is 30.3 Å². The van der Waals surface area contributed by atoms with Crippen LogP contribution in [0.15, 0.2) is 53.4 Å². The third-order valence-corrected chi connectivity index (χ3v) is 5.11. The van der Waals surface area contributed by atoms with Crippen LogP contribution in [0, 0.1) is 11.6 Å². The number of hydrogen-bond donors (Lipinski definition) is 1. The third-order valence-electron chi connectivity index (χ3n) is 3.29. The summed E-state index contributed by atoms with van der Waals surface area (Å²) in [6, 6.07) is 11.3. The Labute approximate surface area is 134 Å². The lowest BCUT2D eigenvalue weighted by atomic mass is 10.2. The van der Waals surface area contributed by atoms with Gasteiger partial charge < -0.3 is 5.73 Å². The first-order valence-corrected chi connectivity index (χ1v) is 8.58. The molecule has 0 aliphatic carbocycles. The van der Waals surface area contributed by atoms with Crippen LogP contribution in [0.2, 0.25) is 0 Å². The van der Waals surface area contributed by atoms with Crippen LogP contribution in [0.5, 0.6) is 0 Å². The topological polar surface area (TPSA) is 63.4 Å². The molecule has 0 aromatic heterocycles. The van der Waals surface area contributed by atoms with Crippen molar-refractivity contribution in [2.24, 2.45) is 5.73 Å². The molecule has 0 aliphatic heterocycles. The van der Waals surface area contributed by atoms with Gasteiger partial charge in [-0.2, -0.15) is 4.31 Å². The van der Waals surface area contributed by atoms with Crippen LogP contribution >= 0.6 is 0 Å². The van der Waals surface area contributed by atoms with Gasteiger partial charge in [0.25, 0.3) is 0 Å². The molecule has 0 unspecified atom stereocenters. The SMILES string of the molecule is NCCCN(Cc1ccccc1)S(=O)(=O)c1cc(F)cc(F)c1. The minimum absolute atomic E-state index is 0.112. The van der Waals surface area contributed by atoms with Crippen molar-refractivity contribution >= 4 is 10.0 Å². The van der Waals surface area contributed by atoms with Gasteiger partial charge in [-0.25, -0.2) is 17.2 Å². The van der Waals surface area contributed by atoms with E-state index in [1.165, 1.54) is 4.31 Å². The Morgan fingerprint density at radius 1 is 1.00 bits per heavy atom. The first-order chi connectivity index (χ1) is 10.9. The molecule has 2 aromatic rings. The van der Waals surface area contributed by atoms with E-state index in [9.17, 15) is 17.2 Å². The van der Waals surface area contributed by atoms with E-state index in [1.807, 2.05) is 6.07 Å². The van der Waals surface area contributed by atoms with E-state index < -0.39 is 26.6 Å². The Bertz CT molecular complexity index is 732. The summed E-state index contributed by atoms with van der Waals surface area (Å²) >= 11 is 0. The number of halogens is 2. The van der Waals surface area contributed by atoms with Gasteiger partial charge >= 0.3 is 0 Å². The van der Waals surface area contributed by atoms with E-state index in [2.05, 4.69) is 0 Å². The molecule has 0 spiro atoms.